The number of amides is 1. The smallest absolute Gasteiger partial charge is 0.246 e. The zero-order chi connectivity index (χ0) is 13.8. The first-order valence-corrected chi connectivity index (χ1v) is 6.50. The van der Waals surface area contributed by atoms with Crippen molar-refractivity contribution < 1.29 is 4.79 Å². The number of hydrogen-bond donors (Lipinski definition) is 2. The van der Waals surface area contributed by atoms with Crippen molar-refractivity contribution in [2.45, 2.75) is 32.7 Å². The molecular weight excluding hydrogens is 238 g/mol. The lowest BCUT2D eigenvalue weighted by Gasteiger charge is -2.15. The highest BCUT2D eigenvalue weighted by atomic mass is 16.1. The maximum atomic E-state index is 11.6. The van der Waals surface area contributed by atoms with Gasteiger partial charge < -0.3 is 10.3 Å². The second-order valence-electron chi connectivity index (χ2n) is 4.76. The lowest BCUT2D eigenvalue weighted by molar-refractivity contribution is -0.118. The number of imidazole rings is 1. The molecule has 19 heavy (non-hydrogen) atoms. The maximum Gasteiger partial charge on any atom is 0.246 e. The Bertz CT molecular complexity index is 567. The van der Waals surface area contributed by atoms with E-state index in [1.807, 2.05) is 31.2 Å². The number of carbonyl (C=O) groups excluding carboxylic acids is 1. The van der Waals surface area contributed by atoms with Gasteiger partial charge in [0.2, 0.25) is 5.91 Å². The fourth-order valence-corrected chi connectivity index (χ4v) is 1.94. The number of carbonyl (C=O) groups is 1. The summed E-state index contributed by atoms with van der Waals surface area (Å²) in [6, 6.07) is 7.99. The van der Waals surface area contributed by atoms with Gasteiger partial charge in [-0.05, 0) is 25.5 Å². The van der Waals surface area contributed by atoms with E-state index in [0.29, 0.717) is 12.0 Å². The number of nitrogens with one attached hydrogen (secondary N) is 2. The predicted octanol–water partition coefficient (Wildman–Crippen LogP) is 2.58. The summed E-state index contributed by atoms with van der Waals surface area (Å²) >= 11 is 0. The third-order valence-electron chi connectivity index (χ3n) is 3.09. The van der Waals surface area contributed by atoms with Crippen LogP contribution in [0.15, 0.2) is 36.4 Å². The molecule has 2 rings (SSSR count). The summed E-state index contributed by atoms with van der Waals surface area (Å²) in [4.78, 5) is 19.4. The fourth-order valence-electron chi connectivity index (χ4n) is 1.94. The first-order valence-electron chi connectivity index (χ1n) is 6.50. The topological polar surface area (TPSA) is 57.8 Å². The summed E-state index contributed by atoms with van der Waals surface area (Å²) in [5.41, 5.74) is 2.51. The highest BCUT2D eigenvalue weighted by Crippen LogP contribution is 2.12. The molecule has 0 spiro atoms. The minimum atomic E-state index is -0.0945. The Hall–Kier alpha value is -2.10. The Morgan fingerprint density at radius 1 is 1.47 bits per heavy atom. The van der Waals surface area contributed by atoms with Crippen molar-refractivity contribution in [3.05, 3.63) is 42.2 Å². The standard InChI is InChI=1S/C15H19N3O/c1-4-11(16-15(19)10(2)3)9-14-17-12-7-5-6-8-13(12)18-14/h5-8,11H,2,4,9H2,1,3H3,(H,16,19)(H,17,18). The number of nitrogens with zero attached hydrogens (tertiary/aromatic N) is 1. The van der Waals surface area contributed by atoms with Crippen molar-refractivity contribution in [2.24, 2.45) is 0 Å². The van der Waals surface area contributed by atoms with Crippen LogP contribution in [0.5, 0.6) is 0 Å². The third kappa shape index (κ3) is 3.22. The number of fused-ring (bicyclic) bond motifs is 1. The summed E-state index contributed by atoms with van der Waals surface area (Å²) in [6.07, 6.45) is 1.56. The van der Waals surface area contributed by atoms with Crippen LogP contribution in [-0.2, 0) is 11.2 Å². The fraction of sp³-hybridized carbons (Fsp3) is 0.333. The zero-order valence-electron chi connectivity index (χ0n) is 11.4. The molecule has 0 fully saturated rings. The number of benzene rings is 1. The quantitative estimate of drug-likeness (QED) is 0.809. The number of aromatic amines is 1. The molecule has 0 aliphatic carbocycles. The van der Waals surface area contributed by atoms with Crippen LogP contribution >= 0.6 is 0 Å². The molecule has 1 heterocycles. The molecular formula is C15H19N3O. The normalized spacial score (nSPS) is 12.3. The molecule has 0 saturated heterocycles. The molecule has 1 atom stereocenters. The van der Waals surface area contributed by atoms with E-state index in [1.165, 1.54) is 0 Å². The summed E-state index contributed by atoms with van der Waals surface area (Å²) in [7, 11) is 0. The lowest BCUT2D eigenvalue weighted by atomic mass is 10.1. The van der Waals surface area contributed by atoms with Gasteiger partial charge in [-0.25, -0.2) is 4.98 Å². The molecule has 2 aromatic rings. The van der Waals surface area contributed by atoms with Gasteiger partial charge >= 0.3 is 0 Å². The van der Waals surface area contributed by atoms with Crippen LogP contribution in [0.25, 0.3) is 11.0 Å². The van der Waals surface area contributed by atoms with Crippen LogP contribution in [0, 0.1) is 0 Å². The SMILES string of the molecule is C=C(C)C(=O)NC(CC)Cc1nc2ccccc2[nH]1. The minimum Gasteiger partial charge on any atom is -0.349 e. The van der Waals surface area contributed by atoms with Crippen molar-refractivity contribution in [3.8, 4) is 0 Å². The highest BCUT2D eigenvalue weighted by molar-refractivity contribution is 5.92. The average Bonchev–Trinajstić information content (AvgIpc) is 2.79. The molecule has 0 saturated carbocycles. The van der Waals surface area contributed by atoms with Crippen molar-refractivity contribution in [1.29, 1.82) is 0 Å². The van der Waals surface area contributed by atoms with Gasteiger partial charge in [-0.15, -0.1) is 0 Å². The van der Waals surface area contributed by atoms with Gasteiger partial charge in [0, 0.05) is 18.0 Å². The van der Waals surface area contributed by atoms with Crippen molar-refractivity contribution in [3.63, 3.8) is 0 Å². The van der Waals surface area contributed by atoms with Gasteiger partial charge in [-0.1, -0.05) is 25.6 Å². The van der Waals surface area contributed by atoms with Crippen molar-refractivity contribution in [2.75, 3.05) is 0 Å². The van der Waals surface area contributed by atoms with Crippen LogP contribution in [0.3, 0.4) is 0 Å². The van der Waals surface area contributed by atoms with Gasteiger partial charge in [-0.3, -0.25) is 4.79 Å². The first kappa shape index (κ1) is 13.3. The Balaban J connectivity index is 2.09. The molecule has 0 aliphatic rings. The highest BCUT2D eigenvalue weighted by Gasteiger charge is 2.13. The minimum absolute atomic E-state index is 0.0739. The largest absolute Gasteiger partial charge is 0.349 e. The van der Waals surface area contributed by atoms with Crippen LogP contribution in [0.2, 0.25) is 0 Å². The van der Waals surface area contributed by atoms with Gasteiger partial charge in [-0.2, -0.15) is 0 Å². The number of para-hydroxylation sites is 2. The molecule has 100 valence electrons. The van der Waals surface area contributed by atoms with Crippen molar-refractivity contribution in [1.82, 2.24) is 15.3 Å². The van der Waals surface area contributed by atoms with Gasteiger partial charge in [0.25, 0.3) is 0 Å². The number of aromatic nitrogens is 2. The molecule has 2 N–H and O–H groups in total. The molecule has 0 radical (unpaired) electrons. The Kier molecular flexibility index (Phi) is 4.00. The van der Waals surface area contributed by atoms with Crippen LogP contribution < -0.4 is 5.32 Å². The average molecular weight is 257 g/mol. The van der Waals surface area contributed by atoms with Gasteiger partial charge in [0.15, 0.2) is 0 Å². The van der Waals surface area contributed by atoms with Gasteiger partial charge in [0.1, 0.15) is 5.82 Å². The Morgan fingerprint density at radius 3 is 2.84 bits per heavy atom. The van der Waals surface area contributed by atoms with Gasteiger partial charge in [0.05, 0.1) is 11.0 Å². The van der Waals surface area contributed by atoms with E-state index in [1.54, 1.807) is 6.92 Å². The summed E-state index contributed by atoms with van der Waals surface area (Å²) in [5, 5.41) is 2.96. The van der Waals surface area contributed by atoms with E-state index < -0.39 is 0 Å². The van der Waals surface area contributed by atoms with E-state index in [-0.39, 0.29) is 11.9 Å². The second kappa shape index (κ2) is 5.69. The van der Waals surface area contributed by atoms with Crippen LogP contribution in [0.4, 0.5) is 0 Å². The molecule has 1 amide bonds. The lowest BCUT2D eigenvalue weighted by Crippen LogP contribution is -2.36. The first-order chi connectivity index (χ1) is 9.10. The van der Waals surface area contributed by atoms with E-state index >= 15 is 0 Å². The van der Waals surface area contributed by atoms with E-state index in [0.717, 1.165) is 23.3 Å². The van der Waals surface area contributed by atoms with E-state index in [2.05, 4.69) is 21.9 Å². The summed E-state index contributed by atoms with van der Waals surface area (Å²) in [5.74, 6) is 0.804. The molecule has 4 heteroatoms. The van der Waals surface area contributed by atoms with Crippen LogP contribution in [-0.4, -0.2) is 21.9 Å². The molecule has 1 unspecified atom stereocenters. The number of rotatable bonds is 5. The molecule has 0 bridgehead atoms. The van der Waals surface area contributed by atoms with Crippen LogP contribution in [0.1, 0.15) is 26.1 Å². The van der Waals surface area contributed by atoms with E-state index in [9.17, 15) is 4.79 Å². The Morgan fingerprint density at radius 2 is 2.21 bits per heavy atom. The summed E-state index contributed by atoms with van der Waals surface area (Å²) in [6.45, 7) is 7.41. The Labute approximate surface area is 112 Å². The maximum absolute atomic E-state index is 11.6. The summed E-state index contributed by atoms with van der Waals surface area (Å²) < 4.78 is 0. The van der Waals surface area contributed by atoms with Crippen molar-refractivity contribution >= 4 is 16.9 Å². The predicted molar refractivity (Wildman–Crippen MR) is 76.8 cm³/mol. The second-order valence-corrected chi connectivity index (χ2v) is 4.76. The number of H-pyrrole nitrogens is 1. The molecule has 1 aromatic carbocycles. The zero-order valence-corrected chi connectivity index (χ0v) is 11.4. The third-order valence-corrected chi connectivity index (χ3v) is 3.09. The molecule has 0 aliphatic heterocycles. The molecule has 4 nitrogen and oxygen atoms in total. The number of hydrogen-bond acceptors (Lipinski definition) is 2. The molecule has 1 aromatic heterocycles. The monoisotopic (exact) mass is 257 g/mol. The van der Waals surface area contributed by atoms with E-state index in [4.69, 9.17) is 0 Å².